The quantitative estimate of drug-likeness (QED) is 0.946. The Morgan fingerprint density at radius 2 is 2.12 bits per heavy atom. The molecule has 2 N–H and O–H groups in total. The highest BCUT2D eigenvalue weighted by Crippen LogP contribution is 2.24. The van der Waals surface area contributed by atoms with Crippen molar-refractivity contribution in [3.05, 3.63) is 52.4 Å². The predicted molar refractivity (Wildman–Crippen MR) is 66.3 cm³/mol. The third kappa shape index (κ3) is 3.01. The summed E-state index contributed by atoms with van der Waals surface area (Å²) in [6, 6.07) is 9.82. The first-order chi connectivity index (χ1) is 8.19. The molecular weight excluding hydrogens is 287 g/mol. The summed E-state index contributed by atoms with van der Waals surface area (Å²) in [7, 11) is 0. The summed E-state index contributed by atoms with van der Waals surface area (Å²) in [6.45, 7) is 0.339. The summed E-state index contributed by atoms with van der Waals surface area (Å²) < 4.78 is 19.1. The first-order valence-corrected chi connectivity index (χ1v) is 5.77. The van der Waals surface area contributed by atoms with Gasteiger partial charge in [-0.05, 0) is 34.1 Å². The van der Waals surface area contributed by atoms with Gasteiger partial charge in [0.2, 0.25) is 5.88 Å². The maximum absolute atomic E-state index is 13.3. The topological polar surface area (TPSA) is 48.1 Å². The molecule has 2 rings (SSSR count). The number of nitrogens with two attached hydrogens (primary N) is 1. The van der Waals surface area contributed by atoms with Gasteiger partial charge in [0.1, 0.15) is 11.6 Å². The van der Waals surface area contributed by atoms with E-state index in [0.717, 1.165) is 5.69 Å². The van der Waals surface area contributed by atoms with E-state index in [1.165, 1.54) is 6.07 Å². The molecule has 1 aromatic heterocycles. The molecule has 0 fully saturated rings. The Morgan fingerprint density at radius 3 is 2.82 bits per heavy atom. The lowest BCUT2D eigenvalue weighted by molar-refractivity contribution is 0.455. The van der Waals surface area contributed by atoms with Crippen molar-refractivity contribution in [3.8, 4) is 11.6 Å². The van der Waals surface area contributed by atoms with E-state index in [4.69, 9.17) is 10.5 Å². The molecule has 0 atom stereocenters. The molecule has 1 aromatic carbocycles. The second-order valence-electron chi connectivity index (χ2n) is 3.35. The zero-order valence-electron chi connectivity index (χ0n) is 8.86. The summed E-state index contributed by atoms with van der Waals surface area (Å²) in [6.07, 6.45) is 0. The van der Waals surface area contributed by atoms with Crippen LogP contribution in [-0.2, 0) is 6.54 Å². The maximum Gasteiger partial charge on any atom is 0.219 e. The molecule has 0 spiro atoms. The number of benzene rings is 1. The Bertz CT molecular complexity index is 534. The smallest absolute Gasteiger partial charge is 0.219 e. The molecule has 0 aliphatic rings. The molecule has 1 heterocycles. The molecule has 0 radical (unpaired) electrons. The van der Waals surface area contributed by atoms with Gasteiger partial charge in [-0.3, -0.25) is 0 Å². The summed E-state index contributed by atoms with van der Waals surface area (Å²) in [5.74, 6) is 0.416. The van der Waals surface area contributed by atoms with Crippen molar-refractivity contribution < 1.29 is 9.13 Å². The molecule has 88 valence electrons. The molecule has 0 aliphatic carbocycles. The van der Waals surface area contributed by atoms with Crippen molar-refractivity contribution in [2.45, 2.75) is 6.54 Å². The number of rotatable bonds is 3. The lowest BCUT2D eigenvalue weighted by atomic mass is 10.3. The van der Waals surface area contributed by atoms with Crippen molar-refractivity contribution in [3.63, 3.8) is 0 Å². The number of pyridine rings is 1. The average molecular weight is 297 g/mol. The van der Waals surface area contributed by atoms with Crippen LogP contribution in [0.25, 0.3) is 0 Å². The minimum atomic E-state index is -0.377. The van der Waals surface area contributed by atoms with Gasteiger partial charge in [-0.15, -0.1) is 0 Å². The highest BCUT2D eigenvalue weighted by molar-refractivity contribution is 9.10. The molecule has 3 nitrogen and oxygen atoms in total. The first-order valence-electron chi connectivity index (χ1n) is 4.98. The van der Waals surface area contributed by atoms with Crippen molar-refractivity contribution in [2.75, 3.05) is 0 Å². The molecule has 0 unspecified atom stereocenters. The molecule has 5 heteroatoms. The maximum atomic E-state index is 13.3. The fourth-order valence-corrected chi connectivity index (χ4v) is 1.54. The van der Waals surface area contributed by atoms with Gasteiger partial charge in [0.05, 0.1) is 10.2 Å². The number of hydrogen-bond acceptors (Lipinski definition) is 3. The van der Waals surface area contributed by atoms with Gasteiger partial charge in [-0.1, -0.05) is 6.07 Å². The van der Waals surface area contributed by atoms with E-state index in [1.54, 1.807) is 30.3 Å². The van der Waals surface area contributed by atoms with E-state index in [-0.39, 0.29) is 5.82 Å². The van der Waals surface area contributed by atoms with Gasteiger partial charge in [0, 0.05) is 18.7 Å². The highest BCUT2D eigenvalue weighted by atomic mass is 79.9. The molecule has 0 saturated carbocycles. The van der Waals surface area contributed by atoms with E-state index in [0.29, 0.717) is 22.6 Å². The molecular formula is C12H10BrFN2O. The SMILES string of the molecule is NCc1cccc(Oc2ccc(Br)c(F)c2)n1. The van der Waals surface area contributed by atoms with Crippen LogP contribution >= 0.6 is 15.9 Å². The molecule has 0 amide bonds. The third-order valence-electron chi connectivity index (χ3n) is 2.10. The van der Waals surface area contributed by atoms with Crippen molar-refractivity contribution >= 4 is 15.9 Å². The van der Waals surface area contributed by atoms with Gasteiger partial charge in [0.25, 0.3) is 0 Å². The van der Waals surface area contributed by atoms with Crippen LogP contribution in [0.4, 0.5) is 4.39 Å². The van der Waals surface area contributed by atoms with Crippen LogP contribution in [0.5, 0.6) is 11.6 Å². The summed E-state index contributed by atoms with van der Waals surface area (Å²) in [5, 5.41) is 0. The monoisotopic (exact) mass is 296 g/mol. The summed E-state index contributed by atoms with van der Waals surface area (Å²) >= 11 is 3.07. The Hall–Kier alpha value is -1.46. The van der Waals surface area contributed by atoms with Crippen LogP contribution in [0.3, 0.4) is 0 Å². The zero-order chi connectivity index (χ0) is 12.3. The lowest BCUT2D eigenvalue weighted by Gasteiger charge is -2.06. The predicted octanol–water partition coefficient (Wildman–Crippen LogP) is 3.23. The Morgan fingerprint density at radius 1 is 1.29 bits per heavy atom. The summed E-state index contributed by atoms with van der Waals surface area (Å²) in [5.41, 5.74) is 6.19. The van der Waals surface area contributed by atoms with E-state index >= 15 is 0 Å². The Kier molecular flexibility index (Phi) is 3.71. The van der Waals surface area contributed by atoms with E-state index in [9.17, 15) is 4.39 Å². The Labute approximate surface area is 107 Å². The van der Waals surface area contributed by atoms with Crippen LogP contribution < -0.4 is 10.5 Å². The average Bonchev–Trinajstić information content (AvgIpc) is 2.34. The summed E-state index contributed by atoms with van der Waals surface area (Å²) in [4.78, 5) is 4.16. The van der Waals surface area contributed by atoms with Crippen LogP contribution in [0, 0.1) is 5.82 Å². The van der Waals surface area contributed by atoms with Gasteiger partial charge in [0.15, 0.2) is 0 Å². The number of aromatic nitrogens is 1. The van der Waals surface area contributed by atoms with E-state index in [1.807, 2.05) is 0 Å². The normalized spacial score (nSPS) is 10.3. The lowest BCUT2D eigenvalue weighted by Crippen LogP contribution is -2.00. The second kappa shape index (κ2) is 5.25. The van der Waals surface area contributed by atoms with E-state index < -0.39 is 0 Å². The number of hydrogen-bond donors (Lipinski definition) is 1. The largest absolute Gasteiger partial charge is 0.439 e. The fraction of sp³-hybridized carbons (Fsp3) is 0.0833. The molecule has 0 aliphatic heterocycles. The molecule has 17 heavy (non-hydrogen) atoms. The molecule has 0 saturated heterocycles. The second-order valence-corrected chi connectivity index (χ2v) is 4.20. The number of nitrogens with zero attached hydrogens (tertiary/aromatic N) is 1. The van der Waals surface area contributed by atoms with E-state index in [2.05, 4.69) is 20.9 Å². The Balaban J connectivity index is 2.22. The van der Waals surface area contributed by atoms with Crippen molar-refractivity contribution in [2.24, 2.45) is 5.73 Å². The zero-order valence-corrected chi connectivity index (χ0v) is 10.4. The number of halogens is 2. The fourth-order valence-electron chi connectivity index (χ4n) is 1.29. The van der Waals surface area contributed by atoms with Crippen molar-refractivity contribution in [1.82, 2.24) is 4.98 Å². The van der Waals surface area contributed by atoms with Crippen LogP contribution in [0.2, 0.25) is 0 Å². The van der Waals surface area contributed by atoms with Crippen LogP contribution in [-0.4, -0.2) is 4.98 Å². The number of ether oxygens (including phenoxy) is 1. The van der Waals surface area contributed by atoms with Crippen molar-refractivity contribution in [1.29, 1.82) is 0 Å². The van der Waals surface area contributed by atoms with Crippen LogP contribution in [0.15, 0.2) is 40.9 Å². The van der Waals surface area contributed by atoms with Crippen LogP contribution in [0.1, 0.15) is 5.69 Å². The van der Waals surface area contributed by atoms with Gasteiger partial charge < -0.3 is 10.5 Å². The third-order valence-corrected chi connectivity index (χ3v) is 2.75. The minimum absolute atomic E-state index is 0.339. The minimum Gasteiger partial charge on any atom is -0.439 e. The highest BCUT2D eigenvalue weighted by Gasteiger charge is 2.04. The van der Waals surface area contributed by atoms with Gasteiger partial charge >= 0.3 is 0 Å². The molecule has 0 bridgehead atoms. The van der Waals surface area contributed by atoms with Gasteiger partial charge in [-0.25, -0.2) is 9.37 Å². The first kappa shape index (κ1) is 12.0. The standard InChI is InChI=1S/C12H10BrFN2O/c13-10-5-4-9(6-11(10)14)17-12-3-1-2-8(7-15)16-12/h1-6H,7,15H2. The molecule has 2 aromatic rings. The van der Waals surface area contributed by atoms with Gasteiger partial charge in [-0.2, -0.15) is 0 Å².